The van der Waals surface area contributed by atoms with Gasteiger partial charge >= 0.3 is 12.1 Å². The summed E-state index contributed by atoms with van der Waals surface area (Å²) in [5.41, 5.74) is 4.32. The van der Waals surface area contributed by atoms with Gasteiger partial charge in [-0.3, -0.25) is 0 Å². The fourth-order valence-electron chi connectivity index (χ4n) is 4.53. The first kappa shape index (κ1) is 27.2. The van der Waals surface area contributed by atoms with Crippen molar-refractivity contribution in [2.75, 3.05) is 19.3 Å². The SMILES string of the molecule is CCCS(=O)(=O)N(CCc1ccc2c(c1)C(Cc1ccccc1)C(NC)CC2)OC(=O)C(F)(F)F. The lowest BCUT2D eigenvalue weighted by Crippen LogP contribution is -2.40. The number of alkyl halides is 3. The molecule has 0 aliphatic heterocycles. The fraction of sp³-hybridized carbons (Fsp3) is 0.480. The van der Waals surface area contributed by atoms with Crippen LogP contribution in [0.3, 0.4) is 0 Å². The van der Waals surface area contributed by atoms with Crippen LogP contribution >= 0.6 is 0 Å². The van der Waals surface area contributed by atoms with Crippen molar-refractivity contribution < 1.29 is 31.2 Å². The number of benzene rings is 2. The van der Waals surface area contributed by atoms with E-state index in [1.54, 1.807) is 6.92 Å². The van der Waals surface area contributed by atoms with Crippen molar-refractivity contribution in [1.29, 1.82) is 0 Å². The van der Waals surface area contributed by atoms with Gasteiger partial charge in [-0.05, 0) is 65.9 Å². The molecule has 0 saturated heterocycles. The van der Waals surface area contributed by atoms with Crippen molar-refractivity contribution >= 4 is 16.0 Å². The number of carbonyl (C=O) groups is 1. The van der Waals surface area contributed by atoms with E-state index in [2.05, 4.69) is 22.3 Å². The van der Waals surface area contributed by atoms with E-state index in [4.69, 9.17) is 0 Å². The van der Waals surface area contributed by atoms with E-state index in [0.717, 1.165) is 30.4 Å². The van der Waals surface area contributed by atoms with Crippen molar-refractivity contribution in [3.63, 3.8) is 0 Å². The number of likely N-dealkylation sites (N-methyl/N-ethyl adjacent to an activating group) is 1. The van der Waals surface area contributed by atoms with Gasteiger partial charge in [-0.15, -0.1) is 0 Å². The van der Waals surface area contributed by atoms with E-state index >= 15 is 0 Å². The molecule has 0 amide bonds. The van der Waals surface area contributed by atoms with Gasteiger partial charge in [0.25, 0.3) is 0 Å². The number of rotatable bonds is 10. The van der Waals surface area contributed by atoms with Gasteiger partial charge < -0.3 is 10.2 Å². The third-order valence-corrected chi connectivity index (χ3v) is 8.06. The van der Waals surface area contributed by atoms with E-state index in [9.17, 15) is 26.4 Å². The Kier molecular flexibility index (Phi) is 8.95. The highest BCUT2D eigenvalue weighted by Crippen LogP contribution is 2.35. The lowest BCUT2D eigenvalue weighted by molar-refractivity contribution is -0.222. The third-order valence-electron chi connectivity index (χ3n) is 6.26. The fourth-order valence-corrected chi connectivity index (χ4v) is 5.80. The lowest BCUT2D eigenvalue weighted by Gasteiger charge is -2.34. The first-order chi connectivity index (χ1) is 16.5. The van der Waals surface area contributed by atoms with E-state index < -0.39 is 34.5 Å². The smallest absolute Gasteiger partial charge is 0.345 e. The molecule has 2 atom stereocenters. The van der Waals surface area contributed by atoms with Crippen molar-refractivity contribution in [3.05, 3.63) is 70.8 Å². The molecule has 35 heavy (non-hydrogen) atoms. The first-order valence-corrected chi connectivity index (χ1v) is 13.3. The molecule has 2 aromatic rings. The molecular formula is C25H31F3N2O4S. The molecule has 2 unspecified atom stereocenters. The second kappa shape index (κ2) is 11.5. The molecule has 10 heteroatoms. The summed E-state index contributed by atoms with van der Waals surface area (Å²) in [5.74, 6) is -2.79. The molecule has 0 bridgehead atoms. The Bertz CT molecular complexity index is 1110. The minimum absolute atomic E-state index is 0.101. The maximum Gasteiger partial charge on any atom is 0.492 e. The predicted octanol–water partition coefficient (Wildman–Crippen LogP) is 4.15. The number of hydrogen-bond donors (Lipinski definition) is 1. The van der Waals surface area contributed by atoms with Gasteiger partial charge in [0.1, 0.15) is 0 Å². The summed E-state index contributed by atoms with van der Waals surface area (Å²) in [5, 5.41) is 3.40. The molecule has 0 aromatic heterocycles. The highest BCUT2D eigenvalue weighted by atomic mass is 32.2. The Morgan fingerprint density at radius 3 is 2.49 bits per heavy atom. The van der Waals surface area contributed by atoms with Gasteiger partial charge in [-0.1, -0.05) is 55.5 Å². The predicted molar refractivity (Wildman–Crippen MR) is 127 cm³/mol. The van der Waals surface area contributed by atoms with Gasteiger partial charge in [0.2, 0.25) is 10.0 Å². The summed E-state index contributed by atoms with van der Waals surface area (Å²) in [6.45, 7) is 1.18. The van der Waals surface area contributed by atoms with Crippen LogP contribution in [-0.2, 0) is 38.9 Å². The molecule has 2 aromatic carbocycles. The molecule has 1 aliphatic carbocycles. The Labute approximate surface area is 204 Å². The van der Waals surface area contributed by atoms with Gasteiger partial charge in [0.05, 0.1) is 12.3 Å². The average Bonchev–Trinajstić information content (AvgIpc) is 2.81. The van der Waals surface area contributed by atoms with Crippen LogP contribution in [0.15, 0.2) is 48.5 Å². The van der Waals surface area contributed by atoms with Crippen LogP contribution in [-0.4, -0.2) is 50.4 Å². The summed E-state index contributed by atoms with van der Waals surface area (Å²) in [4.78, 5) is 15.6. The number of nitrogens with one attached hydrogen (secondary N) is 1. The van der Waals surface area contributed by atoms with Gasteiger partial charge in [0.15, 0.2) is 0 Å². The quantitative estimate of drug-likeness (QED) is 0.484. The number of hydroxylamine groups is 1. The molecule has 6 nitrogen and oxygen atoms in total. The monoisotopic (exact) mass is 512 g/mol. The van der Waals surface area contributed by atoms with Gasteiger partial charge in [-0.2, -0.15) is 13.2 Å². The summed E-state index contributed by atoms with van der Waals surface area (Å²) >= 11 is 0. The Morgan fingerprint density at radius 2 is 1.86 bits per heavy atom. The number of halogens is 3. The van der Waals surface area contributed by atoms with Crippen molar-refractivity contribution in [3.8, 4) is 0 Å². The van der Waals surface area contributed by atoms with E-state index in [0.29, 0.717) is 0 Å². The Morgan fingerprint density at radius 1 is 1.14 bits per heavy atom. The van der Waals surface area contributed by atoms with E-state index in [1.807, 2.05) is 43.4 Å². The highest BCUT2D eigenvalue weighted by Gasteiger charge is 2.44. The van der Waals surface area contributed by atoms with Crippen LogP contribution in [0, 0.1) is 0 Å². The topological polar surface area (TPSA) is 75.7 Å². The second-order valence-electron chi connectivity index (χ2n) is 8.73. The number of aryl methyl sites for hydroxylation is 1. The standard InChI is InChI=1S/C25H31F3N2O4S/c1-3-15-35(32,33)30(34-24(31)25(26,27)28)14-13-19-9-10-20-11-12-23(29-2)22(21(20)16-19)17-18-7-5-4-6-8-18/h4-10,16,22-23,29H,3,11-15,17H2,1-2H3. The Balaban J connectivity index is 1.83. The third kappa shape index (κ3) is 7.05. The van der Waals surface area contributed by atoms with Crippen LogP contribution in [0.1, 0.15) is 47.9 Å². The van der Waals surface area contributed by atoms with Crippen molar-refractivity contribution in [1.82, 2.24) is 9.79 Å². The maximum atomic E-state index is 12.7. The highest BCUT2D eigenvalue weighted by molar-refractivity contribution is 7.88. The average molecular weight is 513 g/mol. The minimum Gasteiger partial charge on any atom is -0.345 e. The van der Waals surface area contributed by atoms with Crippen LogP contribution in [0.4, 0.5) is 13.2 Å². The Hall–Kier alpha value is -2.43. The normalized spacial score (nSPS) is 18.3. The molecule has 192 valence electrons. The molecule has 0 radical (unpaired) electrons. The molecule has 0 fully saturated rings. The largest absolute Gasteiger partial charge is 0.492 e. The van der Waals surface area contributed by atoms with Crippen molar-refractivity contribution in [2.45, 2.75) is 57.2 Å². The molecule has 3 rings (SSSR count). The van der Waals surface area contributed by atoms with Crippen LogP contribution in [0.5, 0.6) is 0 Å². The zero-order valence-corrected chi connectivity index (χ0v) is 20.7. The van der Waals surface area contributed by atoms with Gasteiger partial charge in [0, 0.05) is 12.0 Å². The summed E-state index contributed by atoms with van der Waals surface area (Å²) in [6.07, 6.45) is -2.32. The zero-order valence-electron chi connectivity index (χ0n) is 19.8. The van der Waals surface area contributed by atoms with Crippen molar-refractivity contribution in [2.24, 2.45) is 0 Å². The van der Waals surface area contributed by atoms with Crippen LogP contribution < -0.4 is 5.32 Å². The first-order valence-electron chi connectivity index (χ1n) is 11.7. The summed E-state index contributed by atoms with van der Waals surface area (Å²) in [7, 11) is -2.27. The second-order valence-corrected chi connectivity index (χ2v) is 10.7. The summed E-state index contributed by atoms with van der Waals surface area (Å²) < 4.78 is 63.3. The van der Waals surface area contributed by atoms with Gasteiger partial charge in [-0.25, -0.2) is 13.2 Å². The van der Waals surface area contributed by atoms with E-state index in [-0.39, 0.29) is 29.3 Å². The van der Waals surface area contributed by atoms with Crippen LogP contribution in [0.2, 0.25) is 0 Å². The molecular weight excluding hydrogens is 481 g/mol. The number of fused-ring (bicyclic) bond motifs is 1. The number of nitrogens with zero attached hydrogens (tertiary/aromatic N) is 1. The number of sulfonamides is 1. The van der Waals surface area contributed by atoms with E-state index in [1.165, 1.54) is 11.1 Å². The minimum atomic E-state index is -5.29. The summed E-state index contributed by atoms with van der Waals surface area (Å²) in [6, 6.07) is 16.2. The number of carbonyl (C=O) groups excluding carboxylic acids is 1. The molecule has 0 saturated carbocycles. The molecule has 1 N–H and O–H groups in total. The van der Waals surface area contributed by atoms with Crippen LogP contribution in [0.25, 0.3) is 0 Å². The molecule has 0 heterocycles. The maximum absolute atomic E-state index is 12.7. The molecule has 1 aliphatic rings. The lowest BCUT2D eigenvalue weighted by atomic mass is 9.75. The number of hydrogen-bond acceptors (Lipinski definition) is 5. The zero-order chi connectivity index (χ0) is 25.6. The molecule has 0 spiro atoms.